The first-order chi connectivity index (χ1) is 21.7. The van der Waals surface area contributed by atoms with Gasteiger partial charge in [-0.1, -0.05) is 18.2 Å². The first-order valence-electron chi connectivity index (χ1n) is 16.2. The molecule has 4 saturated heterocycles. The molecule has 45 heavy (non-hydrogen) atoms. The van der Waals surface area contributed by atoms with E-state index < -0.39 is 12.0 Å². The van der Waals surface area contributed by atoms with Gasteiger partial charge in [-0.05, 0) is 87.6 Å². The third kappa shape index (κ3) is 4.89. The van der Waals surface area contributed by atoms with Crippen LogP contribution in [0.3, 0.4) is 0 Å². The molecule has 2 bridgehead atoms. The lowest BCUT2D eigenvalue weighted by molar-refractivity contribution is -0.130. The predicted molar refractivity (Wildman–Crippen MR) is 168 cm³/mol. The number of phenols is 1. The number of carbonyl (C=O) groups is 1. The maximum atomic E-state index is 16.8. The summed E-state index contributed by atoms with van der Waals surface area (Å²) in [6, 6.07) is 4.82. The molecule has 4 unspecified atom stereocenters. The van der Waals surface area contributed by atoms with Gasteiger partial charge in [0.1, 0.15) is 24.2 Å². The van der Waals surface area contributed by atoms with Crippen LogP contribution in [0.5, 0.6) is 11.6 Å². The smallest absolute Gasteiger partial charge is 0.246 e. The van der Waals surface area contributed by atoms with Crippen LogP contribution < -0.4 is 4.74 Å². The van der Waals surface area contributed by atoms with Crippen molar-refractivity contribution in [3.63, 3.8) is 0 Å². The van der Waals surface area contributed by atoms with E-state index >= 15 is 4.39 Å². The summed E-state index contributed by atoms with van der Waals surface area (Å²) in [5.74, 6) is -0.112. The van der Waals surface area contributed by atoms with Crippen molar-refractivity contribution in [2.24, 2.45) is 0 Å². The molecule has 0 spiro atoms. The highest BCUT2D eigenvalue weighted by Crippen LogP contribution is 2.50. The molecule has 1 amide bonds. The van der Waals surface area contributed by atoms with Crippen LogP contribution in [0.1, 0.15) is 80.9 Å². The zero-order valence-corrected chi connectivity index (χ0v) is 25.9. The zero-order valence-electron chi connectivity index (χ0n) is 25.2. The number of hydrogen-bond acceptors (Lipinski definition) is 6. The first kappa shape index (κ1) is 29.1. The molecule has 1 saturated carbocycles. The topological polar surface area (TPSA) is 78.8 Å². The number of hydrogen-bond donors (Lipinski definition) is 1. The second kappa shape index (κ2) is 10.9. The number of amides is 1. The van der Waals surface area contributed by atoms with Gasteiger partial charge in [0.2, 0.25) is 11.8 Å². The standard InChI is InChI=1S/C35H37ClF2N4O3/c1-2-30(44)42-22-6-7-23(42)11-20(10-22)33-27-16-39-34(26-12-24(43)13-28(36)31(26)19-4-5-19)32(38)25(27)14-29(40-33)45-18-35-8-3-9-41(35)17-21(37)15-35/h2,12-14,16,19-23,43H,1,3-11,15,17-18H2. The molecule has 6 heterocycles. The molecular formula is C35H37ClF2N4O3. The van der Waals surface area contributed by atoms with E-state index in [9.17, 15) is 14.3 Å². The van der Waals surface area contributed by atoms with E-state index in [1.165, 1.54) is 12.1 Å². The number of alkyl halides is 1. The van der Waals surface area contributed by atoms with E-state index in [1.54, 1.807) is 18.3 Å². The number of phenolic OH excluding ortho intramolecular Hbond substituents is 1. The minimum Gasteiger partial charge on any atom is -0.508 e. The Morgan fingerprint density at radius 1 is 1.16 bits per heavy atom. The molecule has 10 heteroatoms. The van der Waals surface area contributed by atoms with Gasteiger partial charge in [0.05, 0.1) is 11.2 Å². The number of halogens is 3. The molecule has 4 atom stereocenters. The minimum absolute atomic E-state index is 0.0189. The summed E-state index contributed by atoms with van der Waals surface area (Å²) in [5.41, 5.74) is 1.79. The largest absolute Gasteiger partial charge is 0.508 e. The molecule has 3 aromatic rings. The van der Waals surface area contributed by atoms with Crippen LogP contribution in [-0.2, 0) is 4.79 Å². The number of aromatic hydroxyl groups is 1. The Kier molecular flexibility index (Phi) is 7.06. The molecule has 236 valence electrons. The van der Waals surface area contributed by atoms with Gasteiger partial charge in [-0.3, -0.25) is 14.7 Å². The summed E-state index contributed by atoms with van der Waals surface area (Å²) in [7, 11) is 0. The van der Waals surface area contributed by atoms with Gasteiger partial charge in [-0.15, -0.1) is 0 Å². The van der Waals surface area contributed by atoms with Gasteiger partial charge in [0, 0.05) is 64.6 Å². The van der Waals surface area contributed by atoms with Crippen molar-refractivity contribution in [3.8, 4) is 22.9 Å². The minimum atomic E-state index is -0.881. The second-order valence-corrected chi connectivity index (χ2v) is 14.2. The van der Waals surface area contributed by atoms with Crippen LogP contribution in [0, 0.1) is 5.82 Å². The lowest BCUT2D eigenvalue weighted by Crippen LogP contribution is -2.45. The fraction of sp³-hybridized carbons (Fsp3) is 0.514. The quantitative estimate of drug-likeness (QED) is 0.281. The number of carbonyl (C=O) groups excluding carboxylic acids is 1. The molecule has 5 fully saturated rings. The highest BCUT2D eigenvalue weighted by molar-refractivity contribution is 6.32. The van der Waals surface area contributed by atoms with Crippen LogP contribution in [0.15, 0.2) is 37.1 Å². The van der Waals surface area contributed by atoms with Crippen molar-refractivity contribution >= 4 is 28.3 Å². The highest BCUT2D eigenvalue weighted by atomic mass is 35.5. The Morgan fingerprint density at radius 2 is 1.93 bits per heavy atom. The van der Waals surface area contributed by atoms with E-state index in [0.717, 1.165) is 56.3 Å². The van der Waals surface area contributed by atoms with E-state index in [1.807, 2.05) is 4.90 Å². The average Bonchev–Trinajstić information content (AvgIpc) is 3.63. The molecule has 1 aliphatic carbocycles. The summed E-state index contributed by atoms with van der Waals surface area (Å²) in [6.07, 6.45) is 9.61. The normalized spacial score (nSPS) is 29.4. The van der Waals surface area contributed by atoms with E-state index in [2.05, 4.69) is 16.5 Å². The fourth-order valence-corrected chi connectivity index (χ4v) is 9.23. The van der Waals surface area contributed by atoms with Crippen LogP contribution in [-0.4, -0.2) is 74.3 Å². The molecule has 0 radical (unpaired) electrons. The summed E-state index contributed by atoms with van der Waals surface area (Å²) in [6.45, 7) is 5.26. The number of piperidine rings is 1. The Labute approximate surface area is 266 Å². The number of rotatable bonds is 7. The van der Waals surface area contributed by atoms with E-state index in [4.69, 9.17) is 21.3 Å². The Morgan fingerprint density at radius 3 is 2.67 bits per heavy atom. The zero-order chi connectivity index (χ0) is 31.0. The Hall–Kier alpha value is -3.30. The van der Waals surface area contributed by atoms with Crippen LogP contribution in [0.4, 0.5) is 8.78 Å². The molecule has 5 aliphatic rings. The molecule has 7 nitrogen and oxygen atoms in total. The van der Waals surface area contributed by atoms with Crippen LogP contribution >= 0.6 is 11.6 Å². The van der Waals surface area contributed by atoms with Crippen molar-refractivity contribution in [3.05, 3.63) is 59.1 Å². The molecule has 4 aliphatic heterocycles. The van der Waals surface area contributed by atoms with Crippen molar-refractivity contribution in [1.82, 2.24) is 19.8 Å². The Bertz CT molecular complexity index is 1700. The molecule has 1 N–H and O–H groups in total. The number of pyridine rings is 2. The van der Waals surface area contributed by atoms with Gasteiger partial charge in [0.15, 0.2) is 5.82 Å². The maximum absolute atomic E-state index is 16.8. The molecular weight excluding hydrogens is 598 g/mol. The summed E-state index contributed by atoms with van der Waals surface area (Å²) in [4.78, 5) is 26.4. The van der Waals surface area contributed by atoms with Crippen molar-refractivity contribution in [2.45, 2.75) is 93.4 Å². The Balaban J connectivity index is 1.22. The number of nitrogens with zero attached hydrogens (tertiary/aromatic N) is 4. The van der Waals surface area contributed by atoms with Crippen LogP contribution in [0.25, 0.3) is 22.0 Å². The monoisotopic (exact) mass is 634 g/mol. The van der Waals surface area contributed by atoms with Crippen molar-refractivity contribution < 1.29 is 23.4 Å². The predicted octanol–water partition coefficient (Wildman–Crippen LogP) is 7.05. The number of ether oxygens (including phenoxy) is 1. The van der Waals surface area contributed by atoms with Gasteiger partial charge in [0.25, 0.3) is 0 Å². The third-order valence-corrected chi connectivity index (χ3v) is 11.3. The fourth-order valence-electron chi connectivity index (χ4n) is 8.86. The van der Waals surface area contributed by atoms with Gasteiger partial charge in [-0.2, -0.15) is 0 Å². The SMILES string of the molecule is C=CC(=O)N1C2CCC1CC(c1nc(OCC34CCCN3CC(F)C4)cc3c(F)c(-c4cc(O)cc(Cl)c4C4CC4)ncc13)C2. The molecule has 8 rings (SSSR count). The van der Waals surface area contributed by atoms with Gasteiger partial charge >= 0.3 is 0 Å². The number of fused-ring (bicyclic) bond motifs is 4. The first-order valence-corrected chi connectivity index (χ1v) is 16.6. The highest BCUT2D eigenvalue weighted by Gasteiger charge is 2.49. The third-order valence-electron chi connectivity index (χ3n) is 11.0. The number of aromatic nitrogens is 2. The molecule has 1 aromatic carbocycles. The summed E-state index contributed by atoms with van der Waals surface area (Å²) < 4.78 is 37.7. The summed E-state index contributed by atoms with van der Waals surface area (Å²) >= 11 is 6.57. The van der Waals surface area contributed by atoms with E-state index in [-0.39, 0.29) is 53.4 Å². The van der Waals surface area contributed by atoms with Crippen molar-refractivity contribution in [1.29, 1.82) is 0 Å². The maximum Gasteiger partial charge on any atom is 0.246 e. The van der Waals surface area contributed by atoms with Crippen LogP contribution in [0.2, 0.25) is 5.02 Å². The van der Waals surface area contributed by atoms with Crippen molar-refractivity contribution in [2.75, 3.05) is 19.7 Å². The number of benzene rings is 1. The molecule has 2 aromatic heterocycles. The second-order valence-electron chi connectivity index (χ2n) is 13.8. The van der Waals surface area contributed by atoms with Gasteiger partial charge in [-0.25, -0.2) is 13.8 Å². The lowest BCUT2D eigenvalue weighted by Gasteiger charge is -2.38. The lowest BCUT2D eigenvalue weighted by atomic mass is 9.85. The summed E-state index contributed by atoms with van der Waals surface area (Å²) in [5, 5.41) is 11.8. The van der Waals surface area contributed by atoms with E-state index in [0.29, 0.717) is 53.0 Å². The average molecular weight is 635 g/mol. The van der Waals surface area contributed by atoms with Gasteiger partial charge < -0.3 is 14.7 Å².